The molecule has 0 aliphatic rings. The maximum absolute atomic E-state index is 11.9. The Bertz CT molecular complexity index is 766. The molecule has 132 valence electrons. The average molecular weight is 362 g/mol. The van der Waals surface area contributed by atoms with Crippen molar-refractivity contribution >= 4 is 29.2 Å². The van der Waals surface area contributed by atoms with Crippen molar-refractivity contribution in [1.29, 1.82) is 0 Å². The maximum atomic E-state index is 11.9. The molecule has 0 heterocycles. The van der Waals surface area contributed by atoms with Crippen molar-refractivity contribution in [2.75, 3.05) is 18.5 Å². The third-order valence-electron chi connectivity index (χ3n) is 3.50. The Kier molecular flexibility index (Phi) is 6.42. The standard InChI is InChI=1S/C19H20ClNO4/c1-12-8-14(3)19(15(20)9-12)21-17(22)10-25-18(23)11-24-16-7-5-4-6-13(16)2/h4-9H,10-11H2,1-3H3,(H,21,22). The van der Waals surface area contributed by atoms with E-state index >= 15 is 0 Å². The summed E-state index contributed by atoms with van der Waals surface area (Å²) in [6.45, 7) is 4.97. The Labute approximate surface area is 151 Å². The van der Waals surface area contributed by atoms with Crippen molar-refractivity contribution in [2.45, 2.75) is 20.8 Å². The van der Waals surface area contributed by atoms with Gasteiger partial charge in [-0.25, -0.2) is 4.79 Å². The first-order valence-electron chi connectivity index (χ1n) is 7.77. The zero-order valence-corrected chi connectivity index (χ0v) is 15.1. The Morgan fingerprint density at radius 3 is 2.44 bits per heavy atom. The normalized spacial score (nSPS) is 10.2. The van der Waals surface area contributed by atoms with Gasteiger partial charge in [0.05, 0.1) is 10.7 Å². The predicted molar refractivity (Wildman–Crippen MR) is 97.2 cm³/mol. The molecule has 0 aromatic heterocycles. The third kappa shape index (κ3) is 5.50. The minimum atomic E-state index is -0.620. The molecule has 5 nitrogen and oxygen atoms in total. The first kappa shape index (κ1) is 18.8. The van der Waals surface area contributed by atoms with Gasteiger partial charge in [-0.2, -0.15) is 0 Å². The number of nitrogens with one attached hydrogen (secondary N) is 1. The van der Waals surface area contributed by atoms with Crippen molar-refractivity contribution in [3.63, 3.8) is 0 Å². The molecule has 25 heavy (non-hydrogen) atoms. The molecule has 0 fully saturated rings. The second-order valence-electron chi connectivity index (χ2n) is 5.70. The van der Waals surface area contributed by atoms with Gasteiger partial charge in [-0.1, -0.05) is 35.9 Å². The van der Waals surface area contributed by atoms with Crippen LogP contribution in [0.15, 0.2) is 36.4 Å². The number of benzene rings is 2. The van der Waals surface area contributed by atoms with Gasteiger partial charge in [-0.3, -0.25) is 4.79 Å². The summed E-state index contributed by atoms with van der Waals surface area (Å²) in [6, 6.07) is 11.0. The molecule has 0 spiro atoms. The summed E-state index contributed by atoms with van der Waals surface area (Å²) in [6.07, 6.45) is 0. The Morgan fingerprint density at radius 2 is 1.76 bits per heavy atom. The summed E-state index contributed by atoms with van der Waals surface area (Å²) in [5.41, 5.74) is 3.27. The summed E-state index contributed by atoms with van der Waals surface area (Å²) >= 11 is 6.13. The first-order chi connectivity index (χ1) is 11.9. The number of hydrogen-bond donors (Lipinski definition) is 1. The highest BCUT2D eigenvalue weighted by atomic mass is 35.5. The molecule has 0 radical (unpaired) electrons. The molecule has 0 saturated heterocycles. The van der Waals surface area contributed by atoms with Gasteiger partial charge in [0.1, 0.15) is 5.75 Å². The highest BCUT2D eigenvalue weighted by Crippen LogP contribution is 2.27. The molecule has 0 unspecified atom stereocenters. The van der Waals surface area contributed by atoms with Crippen molar-refractivity contribution in [1.82, 2.24) is 0 Å². The lowest BCUT2D eigenvalue weighted by atomic mass is 10.1. The van der Waals surface area contributed by atoms with Gasteiger partial charge in [0.15, 0.2) is 13.2 Å². The fourth-order valence-electron chi connectivity index (χ4n) is 2.29. The number of ether oxygens (including phenoxy) is 2. The lowest BCUT2D eigenvalue weighted by molar-refractivity contribution is -0.149. The molecule has 2 aromatic carbocycles. The second-order valence-corrected chi connectivity index (χ2v) is 6.11. The van der Waals surface area contributed by atoms with Gasteiger partial charge in [-0.15, -0.1) is 0 Å². The third-order valence-corrected chi connectivity index (χ3v) is 3.80. The summed E-state index contributed by atoms with van der Waals surface area (Å²) in [4.78, 5) is 23.7. The van der Waals surface area contributed by atoms with Crippen molar-refractivity contribution in [3.05, 3.63) is 58.1 Å². The minimum Gasteiger partial charge on any atom is -0.482 e. The summed E-state index contributed by atoms with van der Waals surface area (Å²) < 4.78 is 10.3. The van der Waals surface area contributed by atoms with Gasteiger partial charge >= 0.3 is 5.97 Å². The zero-order valence-electron chi connectivity index (χ0n) is 14.4. The Morgan fingerprint density at radius 1 is 1.04 bits per heavy atom. The van der Waals surface area contributed by atoms with E-state index in [1.165, 1.54) is 0 Å². The molecule has 2 aromatic rings. The van der Waals surface area contributed by atoms with Gasteiger partial charge < -0.3 is 14.8 Å². The highest BCUT2D eigenvalue weighted by molar-refractivity contribution is 6.34. The van der Waals surface area contributed by atoms with Crippen LogP contribution in [-0.2, 0) is 14.3 Å². The smallest absolute Gasteiger partial charge is 0.344 e. The molecule has 6 heteroatoms. The van der Waals surface area contributed by atoms with Crippen LogP contribution in [0.3, 0.4) is 0 Å². The Hall–Kier alpha value is -2.53. The number of halogens is 1. The quantitative estimate of drug-likeness (QED) is 0.794. The van der Waals surface area contributed by atoms with E-state index in [9.17, 15) is 9.59 Å². The summed E-state index contributed by atoms with van der Waals surface area (Å²) in [7, 11) is 0. The van der Waals surface area contributed by atoms with Gasteiger partial charge in [0, 0.05) is 0 Å². The van der Waals surface area contributed by atoms with Crippen LogP contribution in [0.5, 0.6) is 5.75 Å². The largest absolute Gasteiger partial charge is 0.482 e. The molecule has 0 aliphatic heterocycles. The van der Waals surface area contributed by atoms with E-state index in [1.54, 1.807) is 12.1 Å². The van der Waals surface area contributed by atoms with Crippen LogP contribution >= 0.6 is 11.6 Å². The van der Waals surface area contributed by atoms with Crippen LogP contribution in [0.1, 0.15) is 16.7 Å². The van der Waals surface area contributed by atoms with Crippen LogP contribution < -0.4 is 10.1 Å². The van der Waals surface area contributed by atoms with Crippen LogP contribution in [0.4, 0.5) is 5.69 Å². The summed E-state index contributed by atoms with van der Waals surface area (Å²) in [5.74, 6) is -0.478. The van der Waals surface area contributed by atoms with Crippen molar-refractivity contribution in [2.24, 2.45) is 0 Å². The fourth-order valence-corrected chi connectivity index (χ4v) is 2.66. The number of carbonyl (C=O) groups is 2. The predicted octanol–water partition coefficient (Wildman–Crippen LogP) is 3.83. The number of hydrogen-bond acceptors (Lipinski definition) is 4. The van der Waals surface area contributed by atoms with Gasteiger partial charge in [-0.05, 0) is 49.6 Å². The molecule has 0 bridgehead atoms. The minimum absolute atomic E-state index is 0.261. The number of anilines is 1. The van der Waals surface area contributed by atoms with Crippen LogP contribution in [0.25, 0.3) is 0 Å². The number of esters is 1. The van der Waals surface area contributed by atoms with Gasteiger partial charge in [0.2, 0.25) is 0 Å². The van der Waals surface area contributed by atoms with E-state index in [4.69, 9.17) is 21.1 Å². The van der Waals surface area contributed by atoms with Crippen LogP contribution in [0, 0.1) is 20.8 Å². The fraction of sp³-hybridized carbons (Fsp3) is 0.263. The molecule has 0 atom stereocenters. The first-order valence-corrected chi connectivity index (χ1v) is 8.15. The number of carbonyl (C=O) groups excluding carboxylic acids is 2. The lowest BCUT2D eigenvalue weighted by Gasteiger charge is -2.12. The van der Waals surface area contributed by atoms with E-state index in [1.807, 2.05) is 45.0 Å². The van der Waals surface area contributed by atoms with Crippen molar-refractivity contribution in [3.8, 4) is 5.75 Å². The molecular formula is C19H20ClNO4. The van der Waals surface area contributed by atoms with Crippen LogP contribution in [-0.4, -0.2) is 25.1 Å². The zero-order chi connectivity index (χ0) is 18.4. The Balaban J connectivity index is 1.82. The van der Waals surface area contributed by atoms with Crippen LogP contribution in [0.2, 0.25) is 5.02 Å². The van der Waals surface area contributed by atoms with Crippen molar-refractivity contribution < 1.29 is 19.1 Å². The van der Waals surface area contributed by atoms with Gasteiger partial charge in [0.25, 0.3) is 5.91 Å². The molecular weight excluding hydrogens is 342 g/mol. The van der Waals surface area contributed by atoms with E-state index in [0.29, 0.717) is 16.5 Å². The number of aryl methyl sites for hydroxylation is 3. The number of amides is 1. The second kappa shape index (κ2) is 8.53. The molecule has 1 amide bonds. The molecule has 2 rings (SSSR count). The van der Waals surface area contributed by atoms with E-state index in [-0.39, 0.29) is 6.61 Å². The van der Waals surface area contributed by atoms with E-state index in [2.05, 4.69) is 5.32 Å². The lowest BCUT2D eigenvalue weighted by Crippen LogP contribution is -2.24. The maximum Gasteiger partial charge on any atom is 0.344 e. The molecule has 0 saturated carbocycles. The topological polar surface area (TPSA) is 64.6 Å². The molecule has 0 aliphatic carbocycles. The average Bonchev–Trinajstić information content (AvgIpc) is 2.55. The number of rotatable bonds is 6. The SMILES string of the molecule is Cc1cc(C)c(NC(=O)COC(=O)COc2ccccc2C)c(Cl)c1. The van der Waals surface area contributed by atoms with E-state index in [0.717, 1.165) is 16.7 Å². The highest BCUT2D eigenvalue weighted by Gasteiger charge is 2.12. The monoisotopic (exact) mass is 361 g/mol. The molecule has 1 N–H and O–H groups in total. The van der Waals surface area contributed by atoms with E-state index < -0.39 is 18.5 Å². The summed E-state index contributed by atoms with van der Waals surface area (Å²) in [5, 5.41) is 3.10. The number of para-hydroxylation sites is 1.